The van der Waals surface area contributed by atoms with Gasteiger partial charge >= 0.3 is 0 Å². The van der Waals surface area contributed by atoms with Crippen LogP contribution in [0.25, 0.3) is 0 Å². The molecule has 0 spiro atoms. The number of benzene rings is 1. The molecule has 4 nitrogen and oxygen atoms in total. The zero-order valence-electron chi connectivity index (χ0n) is 10.5. The number of hydrogen-bond donors (Lipinski definition) is 2. The molecule has 0 saturated heterocycles. The van der Waals surface area contributed by atoms with Crippen LogP contribution in [0.4, 0.5) is 0 Å². The van der Waals surface area contributed by atoms with E-state index in [0.29, 0.717) is 6.54 Å². The maximum absolute atomic E-state index is 11.8. The zero-order chi connectivity index (χ0) is 13.4. The molecule has 0 aromatic heterocycles. The summed E-state index contributed by atoms with van der Waals surface area (Å²) in [6.45, 7) is 2.73. The monoisotopic (exact) mass is 269 g/mol. The Kier molecular flexibility index (Phi) is 6.60. The second-order valence-electron chi connectivity index (χ2n) is 4.06. The van der Waals surface area contributed by atoms with E-state index in [1.165, 1.54) is 6.07 Å². The van der Waals surface area contributed by atoms with Crippen molar-refractivity contribution in [2.75, 3.05) is 6.54 Å². The van der Waals surface area contributed by atoms with Gasteiger partial charge in [-0.2, -0.15) is 0 Å². The van der Waals surface area contributed by atoms with Crippen LogP contribution in [0.3, 0.4) is 0 Å². The number of unbranched alkanes of at least 4 members (excludes halogenated alkanes) is 3. The van der Waals surface area contributed by atoms with Crippen LogP contribution in [-0.4, -0.2) is 21.2 Å². The zero-order valence-corrected chi connectivity index (χ0v) is 11.3. The molecule has 1 aromatic rings. The van der Waals surface area contributed by atoms with Gasteiger partial charge in [0.25, 0.3) is 5.91 Å². The van der Waals surface area contributed by atoms with Gasteiger partial charge in [0.15, 0.2) is 11.1 Å². The first-order valence-electron chi connectivity index (χ1n) is 6.15. The molecule has 0 heterocycles. The lowest BCUT2D eigenvalue weighted by Gasteiger charge is -2.07. The van der Waals surface area contributed by atoms with E-state index in [2.05, 4.69) is 12.2 Å². The molecule has 0 fully saturated rings. The number of rotatable bonds is 7. The summed E-state index contributed by atoms with van der Waals surface area (Å²) in [6, 6.07) is 6.37. The number of hydrogen-bond acceptors (Lipinski definition) is 2. The van der Waals surface area contributed by atoms with Crippen molar-refractivity contribution in [3.8, 4) is 0 Å². The second kappa shape index (κ2) is 8.00. The molecule has 100 valence electrons. The lowest BCUT2D eigenvalue weighted by atomic mass is 10.2. The lowest BCUT2D eigenvalue weighted by molar-refractivity contribution is 0.0949. The first-order valence-corrected chi connectivity index (χ1v) is 7.25. The minimum absolute atomic E-state index is 0.156. The molecular formula is C13H19NO3S. The van der Waals surface area contributed by atoms with E-state index in [0.717, 1.165) is 25.7 Å². The fourth-order valence-corrected chi connectivity index (χ4v) is 2.20. The van der Waals surface area contributed by atoms with Crippen molar-refractivity contribution in [3.63, 3.8) is 0 Å². The molecule has 0 bridgehead atoms. The fraction of sp³-hybridized carbons (Fsp3) is 0.462. The third kappa shape index (κ3) is 4.58. The molecular weight excluding hydrogens is 250 g/mol. The standard InChI is InChI=1S/C13H19NO3S/c1-2-3-4-7-10-14-13(15)11-8-5-6-9-12(11)18(16)17/h5-6,8-9H,2-4,7,10H2,1H3,(H,14,15)(H,16,17). The summed E-state index contributed by atoms with van der Waals surface area (Å²) in [5.74, 6) is -0.288. The quantitative estimate of drug-likeness (QED) is 0.590. The summed E-state index contributed by atoms with van der Waals surface area (Å²) in [7, 11) is 0. The van der Waals surface area contributed by atoms with Crippen LogP contribution in [0.2, 0.25) is 0 Å². The van der Waals surface area contributed by atoms with E-state index in [-0.39, 0.29) is 16.4 Å². The first kappa shape index (κ1) is 14.9. The number of carbonyl (C=O) groups is 1. The Bertz CT molecular complexity index is 420. The predicted octanol–water partition coefficient (Wildman–Crippen LogP) is 2.58. The van der Waals surface area contributed by atoms with Gasteiger partial charge in [0, 0.05) is 6.54 Å². The van der Waals surface area contributed by atoms with Crippen molar-refractivity contribution in [3.05, 3.63) is 29.8 Å². The second-order valence-corrected chi connectivity index (χ2v) is 5.00. The number of amides is 1. The largest absolute Gasteiger partial charge is 0.352 e. The number of carbonyl (C=O) groups excluding carboxylic acids is 1. The van der Waals surface area contributed by atoms with E-state index in [1.807, 2.05) is 0 Å². The molecule has 0 aliphatic carbocycles. The molecule has 2 N–H and O–H groups in total. The number of nitrogens with one attached hydrogen (secondary N) is 1. The van der Waals surface area contributed by atoms with Gasteiger partial charge in [-0.05, 0) is 18.6 Å². The van der Waals surface area contributed by atoms with E-state index < -0.39 is 11.1 Å². The highest BCUT2D eigenvalue weighted by molar-refractivity contribution is 7.79. The van der Waals surface area contributed by atoms with Crippen molar-refractivity contribution in [1.82, 2.24) is 5.32 Å². The molecule has 1 unspecified atom stereocenters. The molecule has 0 saturated carbocycles. The highest BCUT2D eigenvalue weighted by atomic mass is 32.2. The Morgan fingerprint density at radius 3 is 2.67 bits per heavy atom. The van der Waals surface area contributed by atoms with Gasteiger partial charge in [-0.15, -0.1) is 0 Å². The first-order chi connectivity index (χ1) is 8.66. The Hall–Kier alpha value is -1.20. The van der Waals surface area contributed by atoms with Crippen LogP contribution in [0.15, 0.2) is 29.2 Å². The molecule has 1 aromatic carbocycles. The van der Waals surface area contributed by atoms with Gasteiger partial charge in [0.1, 0.15) is 0 Å². The van der Waals surface area contributed by atoms with Crippen LogP contribution >= 0.6 is 0 Å². The fourth-order valence-electron chi connectivity index (χ4n) is 1.66. The highest BCUT2D eigenvalue weighted by Gasteiger charge is 2.13. The molecule has 5 heteroatoms. The summed E-state index contributed by atoms with van der Waals surface area (Å²) in [4.78, 5) is 12.0. The highest BCUT2D eigenvalue weighted by Crippen LogP contribution is 2.12. The molecule has 0 radical (unpaired) electrons. The van der Waals surface area contributed by atoms with Crippen molar-refractivity contribution in [1.29, 1.82) is 0 Å². The third-order valence-corrected chi connectivity index (χ3v) is 3.37. The Morgan fingerprint density at radius 2 is 2.00 bits per heavy atom. The minimum Gasteiger partial charge on any atom is -0.352 e. The molecule has 1 amide bonds. The van der Waals surface area contributed by atoms with Crippen LogP contribution in [0, 0.1) is 0 Å². The topological polar surface area (TPSA) is 66.4 Å². The average Bonchev–Trinajstić information content (AvgIpc) is 2.38. The van der Waals surface area contributed by atoms with Gasteiger partial charge in [-0.1, -0.05) is 38.3 Å². The van der Waals surface area contributed by atoms with Gasteiger partial charge < -0.3 is 9.87 Å². The van der Waals surface area contributed by atoms with Crippen molar-refractivity contribution in [2.24, 2.45) is 0 Å². The van der Waals surface area contributed by atoms with E-state index in [9.17, 15) is 9.00 Å². The molecule has 1 atom stereocenters. The van der Waals surface area contributed by atoms with Gasteiger partial charge in [-0.25, -0.2) is 4.21 Å². The summed E-state index contributed by atoms with van der Waals surface area (Å²) in [6.07, 6.45) is 4.34. The van der Waals surface area contributed by atoms with Crippen LogP contribution in [-0.2, 0) is 11.1 Å². The normalized spacial score (nSPS) is 12.1. The molecule has 1 rings (SSSR count). The minimum atomic E-state index is -2.13. The summed E-state index contributed by atoms with van der Waals surface area (Å²) < 4.78 is 20.2. The van der Waals surface area contributed by atoms with Crippen molar-refractivity contribution < 1.29 is 13.6 Å². The van der Waals surface area contributed by atoms with Gasteiger partial charge in [0.2, 0.25) is 0 Å². The van der Waals surface area contributed by atoms with Crippen LogP contribution in [0.5, 0.6) is 0 Å². The average molecular weight is 269 g/mol. The van der Waals surface area contributed by atoms with E-state index >= 15 is 0 Å². The third-order valence-electron chi connectivity index (χ3n) is 2.64. The Balaban J connectivity index is 2.54. The van der Waals surface area contributed by atoms with E-state index in [1.54, 1.807) is 18.2 Å². The maximum atomic E-state index is 11.8. The summed E-state index contributed by atoms with van der Waals surface area (Å²) in [5.41, 5.74) is 0.272. The van der Waals surface area contributed by atoms with Crippen molar-refractivity contribution >= 4 is 17.0 Å². The summed E-state index contributed by atoms with van der Waals surface area (Å²) in [5, 5.41) is 2.77. The van der Waals surface area contributed by atoms with Crippen molar-refractivity contribution in [2.45, 2.75) is 37.5 Å². The Labute approximate surface area is 110 Å². The predicted molar refractivity (Wildman–Crippen MR) is 72.0 cm³/mol. The molecule has 18 heavy (non-hydrogen) atoms. The Morgan fingerprint density at radius 1 is 1.28 bits per heavy atom. The van der Waals surface area contributed by atoms with Gasteiger partial charge in [-0.3, -0.25) is 4.79 Å². The van der Waals surface area contributed by atoms with Crippen LogP contribution < -0.4 is 5.32 Å². The van der Waals surface area contributed by atoms with Crippen LogP contribution in [0.1, 0.15) is 43.0 Å². The smallest absolute Gasteiger partial charge is 0.252 e. The maximum Gasteiger partial charge on any atom is 0.252 e. The lowest BCUT2D eigenvalue weighted by Crippen LogP contribution is -2.25. The SMILES string of the molecule is CCCCCCNC(=O)c1ccccc1S(=O)O. The van der Waals surface area contributed by atoms with Gasteiger partial charge in [0.05, 0.1) is 10.5 Å². The molecule has 0 aliphatic heterocycles. The summed E-state index contributed by atoms with van der Waals surface area (Å²) >= 11 is -2.13. The van der Waals surface area contributed by atoms with E-state index in [4.69, 9.17) is 4.55 Å². The molecule has 0 aliphatic rings.